The van der Waals surface area contributed by atoms with E-state index in [1.807, 2.05) is 13.8 Å². The van der Waals surface area contributed by atoms with Crippen LogP contribution in [0.1, 0.15) is 58.7 Å². The van der Waals surface area contributed by atoms with Crippen molar-refractivity contribution in [3.8, 4) is 11.5 Å². The second-order valence-corrected chi connectivity index (χ2v) is 11.7. The summed E-state index contributed by atoms with van der Waals surface area (Å²) in [7, 11) is -3.41. The molecule has 0 aliphatic carbocycles. The van der Waals surface area contributed by atoms with E-state index in [1.54, 1.807) is 0 Å². The van der Waals surface area contributed by atoms with Crippen LogP contribution in [0.4, 0.5) is 5.69 Å². The van der Waals surface area contributed by atoms with Gasteiger partial charge in [0.2, 0.25) is 0 Å². The number of fused-ring (bicyclic) bond motifs is 2. The first kappa shape index (κ1) is 24.4. The zero-order valence-corrected chi connectivity index (χ0v) is 22.2. The van der Waals surface area contributed by atoms with Gasteiger partial charge in [0.25, 0.3) is 0 Å². The summed E-state index contributed by atoms with van der Waals surface area (Å²) < 4.78 is 27.0. The monoisotopic (exact) mass is 477 g/mol. The number of rotatable bonds is 4. The first-order chi connectivity index (χ1) is 16.2. The Hall–Kier alpha value is -2.71. The molecule has 1 heterocycles. The van der Waals surface area contributed by atoms with Gasteiger partial charge in [-0.15, -0.1) is 0 Å². The highest BCUT2D eigenvalue weighted by molar-refractivity contribution is 7.54. The zero-order chi connectivity index (χ0) is 24.5. The van der Waals surface area contributed by atoms with Gasteiger partial charge in [0.05, 0.1) is 6.16 Å². The Morgan fingerprint density at radius 3 is 1.74 bits per heavy atom. The third-order valence-corrected chi connectivity index (χ3v) is 8.15. The lowest BCUT2D eigenvalue weighted by Crippen LogP contribution is -2.24. The molecule has 3 aromatic rings. The molecule has 0 fully saturated rings. The summed E-state index contributed by atoms with van der Waals surface area (Å²) in [5, 5.41) is 0. The van der Waals surface area contributed by atoms with E-state index in [2.05, 4.69) is 81.1 Å². The predicted molar refractivity (Wildman–Crippen MR) is 142 cm³/mol. The Morgan fingerprint density at radius 1 is 0.765 bits per heavy atom. The Bertz CT molecular complexity index is 1170. The summed E-state index contributed by atoms with van der Waals surface area (Å²) in [6.07, 6.45) is 2.11. The van der Waals surface area contributed by atoms with Crippen LogP contribution in [0.2, 0.25) is 0 Å². The van der Waals surface area contributed by atoms with E-state index in [0.717, 1.165) is 51.9 Å². The van der Waals surface area contributed by atoms with Crippen LogP contribution in [0.15, 0.2) is 48.5 Å². The van der Waals surface area contributed by atoms with Gasteiger partial charge in [0.15, 0.2) is 0 Å². The number of nitrogens with zero attached hydrogens (tertiary/aromatic N) is 1. The molecule has 0 aromatic heterocycles. The zero-order valence-electron chi connectivity index (χ0n) is 21.3. The second-order valence-electron chi connectivity index (χ2n) is 9.70. The predicted octanol–water partition coefficient (Wildman–Crippen LogP) is 8.20. The fourth-order valence-corrected chi connectivity index (χ4v) is 6.73. The van der Waals surface area contributed by atoms with Gasteiger partial charge >= 0.3 is 7.60 Å². The Balaban J connectivity index is 1.91. The van der Waals surface area contributed by atoms with E-state index in [1.165, 1.54) is 5.56 Å². The van der Waals surface area contributed by atoms with Gasteiger partial charge in [-0.3, -0.25) is 0 Å². The van der Waals surface area contributed by atoms with Gasteiger partial charge < -0.3 is 13.9 Å². The molecule has 180 valence electrons. The van der Waals surface area contributed by atoms with Crippen molar-refractivity contribution in [3.63, 3.8) is 0 Å². The highest BCUT2D eigenvalue weighted by Gasteiger charge is 2.32. The highest BCUT2D eigenvalue weighted by atomic mass is 31.2. The number of hydrogen-bond donors (Lipinski definition) is 0. The molecule has 0 saturated carbocycles. The minimum atomic E-state index is -3.41. The lowest BCUT2D eigenvalue weighted by molar-refractivity contribution is 0.376. The molecule has 0 N–H and O–H groups in total. The van der Waals surface area contributed by atoms with Crippen molar-refractivity contribution in [2.45, 2.75) is 67.5 Å². The first-order valence-corrected chi connectivity index (χ1v) is 13.9. The molecule has 0 unspecified atom stereocenters. The Labute approximate surface area is 204 Å². The van der Waals surface area contributed by atoms with Crippen LogP contribution < -0.4 is 13.9 Å². The standard InChI is InChI=1S/C29H36NO3P/c1-7-8-13-34(31)32-28-23(5)14-21(3)16-25(28)18-30(27-11-9-20(2)10-12-27)19-26-17-22(4)15-24(6)29(26)33-34/h9-12,14-17H,7-8,13,18-19H2,1-6H3. The molecule has 0 atom stereocenters. The average Bonchev–Trinajstić information content (AvgIpc) is 2.77. The molecular formula is C29H36NO3P. The minimum absolute atomic E-state index is 0.394. The van der Waals surface area contributed by atoms with Crippen molar-refractivity contribution >= 4 is 13.3 Å². The fourth-order valence-electron chi connectivity index (χ4n) is 4.73. The molecular weight excluding hydrogens is 441 g/mol. The second kappa shape index (κ2) is 9.88. The molecule has 4 rings (SSSR count). The molecule has 0 saturated heterocycles. The van der Waals surface area contributed by atoms with E-state index >= 15 is 0 Å². The quantitative estimate of drug-likeness (QED) is 0.355. The van der Waals surface area contributed by atoms with Gasteiger partial charge in [0, 0.05) is 29.9 Å². The summed E-state index contributed by atoms with van der Waals surface area (Å²) in [6, 6.07) is 17.1. The number of unbranched alkanes of at least 4 members (excludes halogenated alkanes) is 1. The molecule has 0 spiro atoms. The smallest absolute Gasteiger partial charge is 0.415 e. The summed E-state index contributed by atoms with van der Waals surface area (Å²) >= 11 is 0. The van der Waals surface area contributed by atoms with Gasteiger partial charge in [0.1, 0.15) is 11.5 Å². The molecule has 0 bridgehead atoms. The maximum Gasteiger partial charge on any atom is 0.430 e. The third kappa shape index (κ3) is 5.33. The van der Waals surface area contributed by atoms with Gasteiger partial charge in [-0.05, 0) is 64.3 Å². The summed E-state index contributed by atoms with van der Waals surface area (Å²) in [5.74, 6) is 1.38. The number of benzene rings is 3. The summed E-state index contributed by atoms with van der Waals surface area (Å²) in [5.41, 5.74) is 8.73. The van der Waals surface area contributed by atoms with Crippen LogP contribution in [0, 0.1) is 34.6 Å². The van der Waals surface area contributed by atoms with Crippen LogP contribution in [0.5, 0.6) is 11.5 Å². The Morgan fingerprint density at radius 2 is 1.26 bits per heavy atom. The van der Waals surface area contributed by atoms with Crippen molar-refractivity contribution in [1.29, 1.82) is 0 Å². The van der Waals surface area contributed by atoms with Crippen molar-refractivity contribution in [1.82, 2.24) is 0 Å². The van der Waals surface area contributed by atoms with Crippen LogP contribution in [-0.4, -0.2) is 6.16 Å². The largest absolute Gasteiger partial charge is 0.430 e. The van der Waals surface area contributed by atoms with E-state index in [9.17, 15) is 4.57 Å². The van der Waals surface area contributed by atoms with Crippen molar-refractivity contribution < 1.29 is 13.6 Å². The molecule has 0 radical (unpaired) electrons. The van der Waals surface area contributed by atoms with Gasteiger partial charge in [-0.25, -0.2) is 4.57 Å². The molecule has 1 aliphatic rings. The van der Waals surface area contributed by atoms with E-state index in [4.69, 9.17) is 9.05 Å². The van der Waals surface area contributed by atoms with Gasteiger partial charge in [-0.2, -0.15) is 0 Å². The van der Waals surface area contributed by atoms with Crippen molar-refractivity contribution in [2.75, 3.05) is 11.1 Å². The highest BCUT2D eigenvalue weighted by Crippen LogP contribution is 2.53. The van der Waals surface area contributed by atoms with E-state index in [-0.39, 0.29) is 0 Å². The lowest BCUT2D eigenvalue weighted by atomic mass is 10.0. The number of anilines is 1. The van der Waals surface area contributed by atoms with Crippen LogP contribution in [-0.2, 0) is 17.7 Å². The molecule has 3 aromatic carbocycles. The summed E-state index contributed by atoms with van der Waals surface area (Å²) in [6.45, 7) is 13.8. The van der Waals surface area contributed by atoms with Gasteiger partial charge in [-0.1, -0.05) is 66.4 Å². The third-order valence-electron chi connectivity index (χ3n) is 6.36. The first-order valence-electron chi connectivity index (χ1n) is 12.2. The fraction of sp³-hybridized carbons (Fsp3) is 0.379. The maximum absolute atomic E-state index is 14.2. The topological polar surface area (TPSA) is 38.8 Å². The molecule has 5 heteroatoms. The molecule has 4 nitrogen and oxygen atoms in total. The van der Waals surface area contributed by atoms with E-state index in [0.29, 0.717) is 30.8 Å². The lowest BCUT2D eigenvalue weighted by Gasteiger charge is -2.32. The van der Waals surface area contributed by atoms with Crippen LogP contribution >= 0.6 is 7.60 Å². The Kier molecular flexibility index (Phi) is 7.09. The van der Waals surface area contributed by atoms with E-state index < -0.39 is 7.60 Å². The van der Waals surface area contributed by atoms with Crippen LogP contribution in [0.3, 0.4) is 0 Å². The summed E-state index contributed by atoms with van der Waals surface area (Å²) in [4.78, 5) is 2.35. The number of hydrogen-bond acceptors (Lipinski definition) is 4. The van der Waals surface area contributed by atoms with Crippen molar-refractivity contribution in [3.05, 3.63) is 87.5 Å². The maximum atomic E-state index is 14.2. The minimum Gasteiger partial charge on any atom is -0.415 e. The molecule has 34 heavy (non-hydrogen) atoms. The van der Waals surface area contributed by atoms with Crippen LogP contribution in [0.25, 0.3) is 0 Å². The average molecular weight is 478 g/mol. The van der Waals surface area contributed by atoms with Crippen molar-refractivity contribution in [2.24, 2.45) is 0 Å². The SMILES string of the molecule is CCCCP1(=O)Oc2c(C)cc(C)cc2CN(c2ccc(C)cc2)Cc2cc(C)cc(C)c2O1. The molecule has 1 aliphatic heterocycles. The molecule has 0 amide bonds. The normalized spacial score (nSPS) is 15.1. The number of aryl methyl sites for hydroxylation is 5.